The summed E-state index contributed by atoms with van der Waals surface area (Å²) in [7, 11) is 1.28. The maximum atomic E-state index is 4.02. The van der Waals surface area contributed by atoms with E-state index in [1.807, 2.05) is 0 Å². The van der Waals surface area contributed by atoms with Crippen LogP contribution in [-0.4, -0.2) is 32.0 Å². The molecule has 0 aliphatic carbocycles. The van der Waals surface area contributed by atoms with Gasteiger partial charge in [-0.1, -0.05) is 0 Å². The number of hydrogen-bond donors (Lipinski definition) is 0. The molecule has 0 amide bonds. The largest absolute Gasteiger partial charge is 0.125 e. The highest BCUT2D eigenvalue weighted by Crippen LogP contribution is 2.16. The lowest BCUT2D eigenvalue weighted by Crippen LogP contribution is -1.81. The van der Waals surface area contributed by atoms with Crippen molar-refractivity contribution in [2.45, 2.75) is 19.3 Å². The molecule has 0 rings (SSSR count). The zero-order chi connectivity index (χ0) is 7.82. The third-order valence-corrected chi connectivity index (χ3v) is 3.40. The summed E-state index contributed by atoms with van der Waals surface area (Å²) in [4.78, 5) is 0. The molecule has 0 nitrogen and oxygen atoms in total. The van der Waals surface area contributed by atoms with E-state index < -0.39 is 0 Å². The highest BCUT2D eigenvalue weighted by atomic mass is 31.1. The van der Waals surface area contributed by atoms with Crippen molar-refractivity contribution in [2.24, 2.45) is 0 Å². The Morgan fingerprint density at radius 2 is 2.00 bits per heavy atom. The van der Waals surface area contributed by atoms with Crippen LogP contribution in [0.1, 0.15) is 19.3 Å². The molecule has 0 heterocycles. The SMILES string of the molecule is C=[P+](C)CCCCCPC. The lowest BCUT2D eigenvalue weighted by Gasteiger charge is -1.94. The summed E-state index contributed by atoms with van der Waals surface area (Å²) in [5.41, 5.74) is 0. The highest BCUT2D eigenvalue weighted by molar-refractivity contribution is 7.54. The van der Waals surface area contributed by atoms with Crippen LogP contribution in [0.2, 0.25) is 0 Å². The number of unbranched alkanes of at least 4 members (excludes halogenated alkanes) is 2. The summed E-state index contributed by atoms with van der Waals surface area (Å²) >= 11 is 0. The Balaban J connectivity index is 2.84. The van der Waals surface area contributed by atoms with Gasteiger partial charge in [0.15, 0.2) is 0 Å². The Labute approximate surface area is 68.0 Å². The van der Waals surface area contributed by atoms with Crippen LogP contribution in [0.3, 0.4) is 0 Å². The molecule has 0 aromatic heterocycles. The van der Waals surface area contributed by atoms with Gasteiger partial charge in [0.05, 0.1) is 20.5 Å². The summed E-state index contributed by atoms with van der Waals surface area (Å²) in [6, 6.07) is 0. The van der Waals surface area contributed by atoms with E-state index in [4.69, 9.17) is 0 Å². The second-order valence-corrected chi connectivity index (χ2v) is 6.11. The minimum Gasteiger partial charge on any atom is -0.125 e. The predicted molar refractivity (Wildman–Crippen MR) is 57.8 cm³/mol. The van der Waals surface area contributed by atoms with E-state index in [0.29, 0.717) is 0 Å². The maximum absolute atomic E-state index is 4.02. The van der Waals surface area contributed by atoms with E-state index in [1.54, 1.807) is 0 Å². The first kappa shape index (κ1) is 10.6. The van der Waals surface area contributed by atoms with Gasteiger partial charge in [-0.25, -0.2) is 0 Å². The Morgan fingerprint density at radius 3 is 2.50 bits per heavy atom. The Kier molecular flexibility index (Phi) is 8.17. The van der Waals surface area contributed by atoms with Crippen LogP contribution in [0.5, 0.6) is 0 Å². The van der Waals surface area contributed by atoms with Crippen molar-refractivity contribution in [1.29, 1.82) is 0 Å². The second kappa shape index (κ2) is 7.70. The Hall–Kier alpha value is 0.600. The molecule has 0 saturated carbocycles. The van der Waals surface area contributed by atoms with Crippen molar-refractivity contribution in [1.82, 2.24) is 0 Å². The molecular formula is C8H19P2+. The van der Waals surface area contributed by atoms with Gasteiger partial charge in [-0.15, -0.1) is 8.58 Å². The standard InChI is InChI=1S/C8H19P2/c1-9-7-5-4-6-8-10(2)3/h9H,2,4-8H2,1,3H3/q+1. The van der Waals surface area contributed by atoms with Gasteiger partial charge in [0.2, 0.25) is 0 Å². The molecule has 2 heteroatoms. The minimum absolute atomic E-state index is 0.131. The van der Waals surface area contributed by atoms with E-state index in [0.717, 1.165) is 8.58 Å². The lowest BCUT2D eigenvalue weighted by atomic mass is 10.3. The summed E-state index contributed by atoms with van der Waals surface area (Å²) in [6.45, 7) is 4.55. The molecule has 0 aromatic carbocycles. The van der Waals surface area contributed by atoms with Crippen LogP contribution in [0.4, 0.5) is 0 Å². The lowest BCUT2D eigenvalue weighted by molar-refractivity contribution is 0.783. The summed E-state index contributed by atoms with van der Waals surface area (Å²) in [5, 5.41) is 0. The Bertz CT molecular complexity index is 89.3. The van der Waals surface area contributed by atoms with Crippen LogP contribution < -0.4 is 0 Å². The molecule has 0 N–H and O–H groups in total. The van der Waals surface area contributed by atoms with E-state index in [2.05, 4.69) is 19.6 Å². The molecule has 60 valence electrons. The van der Waals surface area contributed by atoms with Crippen molar-refractivity contribution in [3.63, 3.8) is 0 Å². The van der Waals surface area contributed by atoms with Gasteiger partial charge in [-0.2, -0.15) is 0 Å². The average molecular weight is 177 g/mol. The van der Waals surface area contributed by atoms with E-state index in [9.17, 15) is 0 Å². The van der Waals surface area contributed by atoms with Crippen LogP contribution in [0.25, 0.3) is 0 Å². The van der Waals surface area contributed by atoms with Crippen LogP contribution in [-0.2, 0) is 0 Å². The molecule has 0 aromatic rings. The fraction of sp³-hybridized carbons (Fsp3) is 0.875. The molecular weight excluding hydrogens is 158 g/mol. The predicted octanol–water partition coefficient (Wildman–Crippen LogP) is 3.01. The first-order chi connectivity index (χ1) is 4.77. The average Bonchev–Trinajstić information content (AvgIpc) is 1.87. The Morgan fingerprint density at radius 1 is 1.30 bits per heavy atom. The summed E-state index contributed by atoms with van der Waals surface area (Å²) in [5.74, 6) is 0. The number of hydrogen-bond acceptors (Lipinski definition) is 0. The van der Waals surface area contributed by atoms with Gasteiger partial charge in [0.25, 0.3) is 0 Å². The van der Waals surface area contributed by atoms with Crippen molar-refractivity contribution < 1.29 is 0 Å². The van der Waals surface area contributed by atoms with E-state index >= 15 is 0 Å². The zero-order valence-electron chi connectivity index (χ0n) is 7.19. The molecule has 2 atom stereocenters. The second-order valence-electron chi connectivity index (χ2n) is 2.74. The van der Waals surface area contributed by atoms with Gasteiger partial charge in [-0.3, -0.25) is 0 Å². The van der Waals surface area contributed by atoms with Gasteiger partial charge in [0, 0.05) is 0 Å². The zero-order valence-corrected chi connectivity index (χ0v) is 9.08. The fourth-order valence-corrected chi connectivity index (χ4v) is 2.23. The summed E-state index contributed by atoms with van der Waals surface area (Å²) < 4.78 is 0. The van der Waals surface area contributed by atoms with Crippen LogP contribution in [0, 0.1) is 0 Å². The van der Waals surface area contributed by atoms with Gasteiger partial charge >= 0.3 is 0 Å². The van der Waals surface area contributed by atoms with E-state index in [1.165, 1.54) is 31.6 Å². The highest BCUT2D eigenvalue weighted by Gasteiger charge is 1.95. The monoisotopic (exact) mass is 177 g/mol. The normalized spacial score (nSPS) is 12.8. The minimum atomic E-state index is 0.131. The molecule has 0 aliphatic heterocycles. The van der Waals surface area contributed by atoms with Crippen molar-refractivity contribution in [2.75, 3.05) is 25.7 Å². The van der Waals surface area contributed by atoms with Gasteiger partial charge < -0.3 is 0 Å². The van der Waals surface area contributed by atoms with Crippen molar-refractivity contribution >= 4 is 22.4 Å². The summed E-state index contributed by atoms with van der Waals surface area (Å²) in [6.07, 6.45) is 11.1. The quantitative estimate of drug-likeness (QED) is 0.432. The van der Waals surface area contributed by atoms with Crippen LogP contribution in [0.15, 0.2) is 0 Å². The molecule has 0 radical (unpaired) electrons. The van der Waals surface area contributed by atoms with Crippen molar-refractivity contribution in [3.8, 4) is 0 Å². The third kappa shape index (κ3) is 8.60. The van der Waals surface area contributed by atoms with E-state index in [-0.39, 0.29) is 7.55 Å². The molecule has 0 fully saturated rings. The fourth-order valence-electron chi connectivity index (χ4n) is 0.860. The molecule has 0 bridgehead atoms. The maximum Gasteiger partial charge on any atom is 0.105 e. The smallest absolute Gasteiger partial charge is 0.105 e. The van der Waals surface area contributed by atoms with Gasteiger partial charge in [-0.05, 0) is 32.1 Å². The third-order valence-electron chi connectivity index (χ3n) is 1.47. The van der Waals surface area contributed by atoms with Gasteiger partial charge in [0.1, 0.15) is 6.16 Å². The molecule has 10 heavy (non-hydrogen) atoms. The molecule has 0 aliphatic rings. The molecule has 0 spiro atoms. The first-order valence-electron chi connectivity index (χ1n) is 3.93. The van der Waals surface area contributed by atoms with Crippen molar-refractivity contribution in [3.05, 3.63) is 0 Å². The van der Waals surface area contributed by atoms with Crippen LogP contribution >= 0.6 is 16.1 Å². The molecule has 0 saturated heterocycles. The first-order valence-corrected chi connectivity index (χ1v) is 7.80. The number of rotatable bonds is 6. The topological polar surface area (TPSA) is 0 Å². The molecule has 2 unspecified atom stereocenters.